The first-order valence-corrected chi connectivity index (χ1v) is 5.83. The normalized spacial score (nSPS) is 17.1. The second-order valence-electron chi connectivity index (χ2n) is 4.31. The van der Waals surface area contributed by atoms with E-state index in [0.29, 0.717) is 12.8 Å². The van der Waals surface area contributed by atoms with E-state index in [1.54, 1.807) is 6.08 Å². The molecule has 0 saturated carbocycles. The number of carbonyl (C=O) groups is 1. The quantitative estimate of drug-likeness (QED) is 0.715. The lowest BCUT2D eigenvalue weighted by molar-refractivity contribution is 0.0946. The largest absolute Gasteiger partial charge is 0.294 e. The molecular weight excluding hydrogens is 215 g/mol. The van der Waals surface area contributed by atoms with Gasteiger partial charge in [0.05, 0.1) is 0 Å². The average molecular weight is 230 g/mol. The molecule has 0 spiro atoms. The molecule has 1 unspecified atom stereocenters. The van der Waals surface area contributed by atoms with Gasteiger partial charge in [-0.05, 0) is 12.5 Å². The van der Waals surface area contributed by atoms with E-state index >= 15 is 0 Å². The number of hydrogen-bond acceptors (Lipinski definition) is 1. The molecule has 2 rings (SSSR count). The van der Waals surface area contributed by atoms with Gasteiger partial charge in [0.25, 0.3) is 0 Å². The summed E-state index contributed by atoms with van der Waals surface area (Å²) in [5.74, 6) is -0.164. The summed E-state index contributed by atoms with van der Waals surface area (Å²) in [6, 6.07) is 9.24. The molecule has 1 aliphatic carbocycles. The number of Topliss-reactive ketones (excluding diaryl/α,β-unsaturated/α-hetero) is 1. The summed E-state index contributed by atoms with van der Waals surface area (Å²) < 4.78 is 12.9. The molecule has 0 bridgehead atoms. The van der Waals surface area contributed by atoms with Gasteiger partial charge in [-0.2, -0.15) is 0 Å². The first kappa shape index (κ1) is 11.8. The molecule has 1 aromatic carbocycles. The van der Waals surface area contributed by atoms with Crippen LogP contribution in [0, 0.1) is 5.92 Å². The van der Waals surface area contributed by atoms with Crippen molar-refractivity contribution in [3.05, 3.63) is 59.4 Å². The maximum Gasteiger partial charge on any atom is 0.169 e. The van der Waals surface area contributed by atoms with E-state index in [2.05, 4.69) is 0 Å². The molecule has 2 heteroatoms. The van der Waals surface area contributed by atoms with Crippen molar-refractivity contribution in [3.63, 3.8) is 0 Å². The Bertz CT molecular complexity index is 471. The summed E-state index contributed by atoms with van der Waals surface area (Å²) in [5.41, 5.74) is 1.73. The number of hydrogen-bond donors (Lipinski definition) is 0. The second kappa shape index (κ2) is 5.09. The van der Waals surface area contributed by atoms with E-state index in [9.17, 15) is 9.18 Å². The maximum absolute atomic E-state index is 12.9. The number of carbonyl (C=O) groups excluding carboxylic acids is 1. The highest BCUT2D eigenvalue weighted by molar-refractivity contribution is 5.99. The average Bonchev–Trinajstić information content (AvgIpc) is 2.39. The van der Waals surface area contributed by atoms with Gasteiger partial charge in [0.2, 0.25) is 0 Å². The van der Waals surface area contributed by atoms with Gasteiger partial charge in [-0.3, -0.25) is 4.79 Å². The molecule has 0 fully saturated rings. The van der Waals surface area contributed by atoms with E-state index in [1.807, 2.05) is 37.3 Å². The minimum atomic E-state index is -0.165. The minimum Gasteiger partial charge on any atom is -0.294 e. The predicted octanol–water partition coefficient (Wildman–Crippen LogP) is 4.08. The Kier molecular flexibility index (Phi) is 3.52. The molecular formula is C15H15FO. The third kappa shape index (κ3) is 2.70. The summed E-state index contributed by atoms with van der Waals surface area (Å²) >= 11 is 0. The van der Waals surface area contributed by atoms with Crippen molar-refractivity contribution in [2.75, 3.05) is 0 Å². The van der Waals surface area contributed by atoms with Gasteiger partial charge < -0.3 is 0 Å². The van der Waals surface area contributed by atoms with Crippen LogP contribution in [0.25, 0.3) is 0 Å². The van der Waals surface area contributed by atoms with Crippen LogP contribution in [-0.4, -0.2) is 5.78 Å². The topological polar surface area (TPSA) is 17.1 Å². The molecule has 0 aromatic heterocycles. The molecule has 1 nitrogen and oxygen atoms in total. The molecule has 0 saturated heterocycles. The molecule has 0 aliphatic heterocycles. The summed E-state index contributed by atoms with van der Waals surface area (Å²) in [6.07, 6.45) is 4.26. The Hall–Kier alpha value is -1.70. The fraction of sp³-hybridized carbons (Fsp3) is 0.267. The van der Waals surface area contributed by atoms with Crippen molar-refractivity contribution in [1.29, 1.82) is 0 Å². The maximum atomic E-state index is 12.9. The van der Waals surface area contributed by atoms with Gasteiger partial charge in [-0.15, -0.1) is 0 Å². The van der Waals surface area contributed by atoms with Crippen molar-refractivity contribution in [2.24, 2.45) is 5.92 Å². The number of halogens is 1. The molecule has 17 heavy (non-hydrogen) atoms. The Morgan fingerprint density at radius 3 is 2.47 bits per heavy atom. The lowest BCUT2D eigenvalue weighted by atomic mass is 9.87. The SMILES string of the molecule is CC(C(=O)c1ccccc1)C1=CC=C(F)CC1. The fourth-order valence-electron chi connectivity index (χ4n) is 2.01. The summed E-state index contributed by atoms with van der Waals surface area (Å²) in [4.78, 5) is 12.2. The number of ketones is 1. The van der Waals surface area contributed by atoms with Crippen LogP contribution in [0.2, 0.25) is 0 Å². The first-order valence-electron chi connectivity index (χ1n) is 5.83. The lowest BCUT2D eigenvalue weighted by Crippen LogP contribution is -2.14. The molecule has 1 aliphatic rings. The zero-order valence-corrected chi connectivity index (χ0v) is 9.82. The summed E-state index contributed by atoms with van der Waals surface area (Å²) in [5, 5.41) is 0. The van der Waals surface area contributed by atoms with Crippen LogP contribution in [0.1, 0.15) is 30.1 Å². The third-order valence-corrected chi connectivity index (χ3v) is 3.14. The van der Waals surface area contributed by atoms with Gasteiger partial charge in [0.15, 0.2) is 5.78 Å². The van der Waals surface area contributed by atoms with Gasteiger partial charge in [-0.1, -0.05) is 48.9 Å². The van der Waals surface area contributed by atoms with E-state index in [-0.39, 0.29) is 17.5 Å². The van der Waals surface area contributed by atoms with Gasteiger partial charge in [-0.25, -0.2) is 4.39 Å². The predicted molar refractivity (Wildman–Crippen MR) is 66.4 cm³/mol. The molecule has 0 radical (unpaired) electrons. The Morgan fingerprint density at radius 2 is 1.88 bits per heavy atom. The van der Waals surface area contributed by atoms with E-state index in [1.165, 1.54) is 6.08 Å². The van der Waals surface area contributed by atoms with Gasteiger partial charge in [0, 0.05) is 17.9 Å². The van der Waals surface area contributed by atoms with Crippen LogP contribution in [0.3, 0.4) is 0 Å². The molecule has 0 amide bonds. The highest BCUT2D eigenvalue weighted by Crippen LogP contribution is 2.27. The van der Waals surface area contributed by atoms with Crippen molar-refractivity contribution >= 4 is 5.78 Å². The summed E-state index contributed by atoms with van der Waals surface area (Å²) in [7, 11) is 0. The molecule has 0 heterocycles. The van der Waals surface area contributed by atoms with Crippen molar-refractivity contribution in [2.45, 2.75) is 19.8 Å². The minimum absolute atomic E-state index is 0.104. The van der Waals surface area contributed by atoms with E-state index in [4.69, 9.17) is 0 Å². The van der Waals surface area contributed by atoms with Crippen LogP contribution in [-0.2, 0) is 0 Å². The zero-order chi connectivity index (χ0) is 12.3. The Labute approximate surface area is 101 Å². The van der Waals surface area contributed by atoms with Crippen LogP contribution in [0.15, 0.2) is 53.9 Å². The fourth-order valence-corrected chi connectivity index (χ4v) is 2.01. The molecule has 1 atom stereocenters. The van der Waals surface area contributed by atoms with Crippen molar-refractivity contribution < 1.29 is 9.18 Å². The van der Waals surface area contributed by atoms with Crippen molar-refractivity contribution in [1.82, 2.24) is 0 Å². The van der Waals surface area contributed by atoms with Crippen molar-refractivity contribution in [3.8, 4) is 0 Å². The van der Waals surface area contributed by atoms with Crippen LogP contribution < -0.4 is 0 Å². The molecule has 88 valence electrons. The zero-order valence-electron chi connectivity index (χ0n) is 9.82. The lowest BCUT2D eigenvalue weighted by Gasteiger charge is -2.17. The monoisotopic (exact) mass is 230 g/mol. The van der Waals surface area contributed by atoms with Gasteiger partial charge in [0.1, 0.15) is 5.83 Å². The highest BCUT2D eigenvalue weighted by atomic mass is 19.1. The van der Waals surface area contributed by atoms with Gasteiger partial charge >= 0.3 is 0 Å². The molecule has 0 N–H and O–H groups in total. The Morgan fingerprint density at radius 1 is 1.18 bits per heavy atom. The third-order valence-electron chi connectivity index (χ3n) is 3.14. The van der Waals surface area contributed by atoms with Crippen LogP contribution in [0.4, 0.5) is 4.39 Å². The first-order chi connectivity index (χ1) is 8.18. The van der Waals surface area contributed by atoms with Crippen LogP contribution in [0.5, 0.6) is 0 Å². The van der Waals surface area contributed by atoms with E-state index in [0.717, 1.165) is 11.1 Å². The second-order valence-corrected chi connectivity index (χ2v) is 4.31. The van der Waals surface area contributed by atoms with E-state index < -0.39 is 0 Å². The Balaban J connectivity index is 2.16. The smallest absolute Gasteiger partial charge is 0.169 e. The number of rotatable bonds is 3. The van der Waals surface area contributed by atoms with Crippen LogP contribution >= 0.6 is 0 Å². The number of benzene rings is 1. The summed E-state index contributed by atoms with van der Waals surface area (Å²) in [6.45, 7) is 1.89. The number of allylic oxidation sites excluding steroid dienone is 4. The standard InChI is InChI=1S/C15H15FO/c1-11(12-7-9-14(16)10-8-12)15(17)13-5-3-2-4-6-13/h2-7,9,11H,8,10H2,1H3. The molecule has 1 aromatic rings. The highest BCUT2D eigenvalue weighted by Gasteiger charge is 2.20.